The van der Waals surface area contributed by atoms with Crippen molar-refractivity contribution in [3.8, 4) is 11.5 Å². The molecular weight excluding hydrogens is 400 g/mol. The van der Waals surface area contributed by atoms with Crippen LogP contribution in [0.15, 0.2) is 48.5 Å². The molecule has 2 nitrogen and oxygen atoms in total. The molecule has 0 aromatic heterocycles. The maximum atomic E-state index is 9.57. The van der Waals surface area contributed by atoms with Crippen LogP contribution >= 0.6 is 0 Å². The molecule has 4 rings (SSSR count). The quantitative estimate of drug-likeness (QED) is 0.478. The molecule has 2 aromatic carbocycles. The van der Waals surface area contributed by atoms with Crippen molar-refractivity contribution >= 4 is 11.1 Å². The van der Waals surface area contributed by atoms with Crippen LogP contribution in [-0.4, -0.2) is 10.2 Å². The Hall–Kier alpha value is -1.70. The van der Waals surface area contributed by atoms with Gasteiger partial charge in [0.2, 0.25) is 0 Å². The van der Waals surface area contributed by atoms with E-state index in [1.807, 2.05) is 69.2 Å². The summed E-state index contributed by atoms with van der Waals surface area (Å²) < 4.78 is 0. The first-order valence-corrected chi connectivity index (χ1v) is 9.39. The van der Waals surface area contributed by atoms with Crippen LogP contribution in [-0.2, 0) is 17.1 Å². The van der Waals surface area contributed by atoms with Crippen molar-refractivity contribution in [2.24, 2.45) is 0 Å². The van der Waals surface area contributed by atoms with Gasteiger partial charge in [0.25, 0.3) is 0 Å². The Morgan fingerprint density at radius 2 is 1.03 bits per heavy atom. The molecule has 0 saturated heterocycles. The van der Waals surface area contributed by atoms with Crippen molar-refractivity contribution in [3.63, 3.8) is 0 Å². The van der Waals surface area contributed by atoms with Crippen molar-refractivity contribution in [3.05, 3.63) is 123 Å². The molecule has 0 bridgehead atoms. The van der Waals surface area contributed by atoms with E-state index in [4.69, 9.17) is 0 Å². The second-order valence-electron chi connectivity index (χ2n) is 6.44. The number of aromatic hydroxyl groups is 2. The van der Waals surface area contributed by atoms with Gasteiger partial charge in [0.1, 0.15) is 11.5 Å². The molecule has 2 aliphatic carbocycles. The predicted molar refractivity (Wildman–Crippen MR) is 115 cm³/mol. The van der Waals surface area contributed by atoms with Crippen LogP contribution in [0.2, 0.25) is 0 Å². The molecule has 0 unspecified atom stereocenters. The van der Waals surface area contributed by atoms with Gasteiger partial charge >= 0.3 is 17.1 Å². The second kappa shape index (κ2) is 12.1. The molecule has 3 heteroatoms. The number of phenolic OH excluding ortho intramolecular Hbond substituents is 2. The molecule has 0 amide bonds. The summed E-state index contributed by atoms with van der Waals surface area (Å²) >= 11 is 0. The van der Waals surface area contributed by atoms with E-state index >= 15 is 0 Å². The van der Waals surface area contributed by atoms with E-state index in [9.17, 15) is 10.2 Å². The van der Waals surface area contributed by atoms with Gasteiger partial charge in [-0.2, -0.15) is 0 Å². The molecule has 2 N–H and O–H groups in total. The van der Waals surface area contributed by atoms with Crippen molar-refractivity contribution < 1.29 is 27.3 Å². The van der Waals surface area contributed by atoms with E-state index in [-0.39, 0.29) is 28.6 Å². The van der Waals surface area contributed by atoms with E-state index in [0.29, 0.717) is 0 Å². The first kappa shape index (κ1) is 23.6. The van der Waals surface area contributed by atoms with Gasteiger partial charge in [-0.3, -0.25) is 0 Å². The zero-order chi connectivity index (χ0) is 19.8. The fourth-order valence-electron chi connectivity index (χ4n) is 3.19. The smallest absolute Gasteiger partial charge is 0.508 e. The van der Waals surface area contributed by atoms with E-state index in [0.717, 1.165) is 29.0 Å². The third-order valence-electron chi connectivity index (χ3n) is 4.53. The van der Waals surface area contributed by atoms with Gasteiger partial charge in [0, 0.05) is 5.92 Å². The summed E-state index contributed by atoms with van der Waals surface area (Å²) in [5.74, 6) is 1.68. The Labute approximate surface area is 186 Å². The van der Waals surface area contributed by atoms with E-state index in [2.05, 4.69) is 19.8 Å². The third-order valence-corrected chi connectivity index (χ3v) is 4.53. The van der Waals surface area contributed by atoms with Crippen LogP contribution in [0.4, 0.5) is 0 Å². The van der Waals surface area contributed by atoms with Crippen LogP contribution < -0.4 is 0 Å². The summed E-state index contributed by atoms with van der Waals surface area (Å²) in [6, 6.07) is 14.6. The molecule has 0 heterocycles. The van der Waals surface area contributed by atoms with Gasteiger partial charge in [-0.05, 0) is 111 Å². The average molecular weight is 424 g/mol. The summed E-state index contributed by atoms with van der Waals surface area (Å²) in [7, 11) is 0. The van der Waals surface area contributed by atoms with Gasteiger partial charge in [0.15, 0.2) is 0 Å². The average Bonchev–Trinajstić information content (AvgIpc) is 3.45. The van der Waals surface area contributed by atoms with Crippen molar-refractivity contribution in [1.82, 2.24) is 0 Å². The summed E-state index contributed by atoms with van der Waals surface area (Å²) in [5, 5.41) is 19.1. The SMILES string of the molecule is CC/C(=C(/[C]1[CH][CH][CH][CH]1)c1ccc(O)cc1)c1ccc(O)cc1.[CH]1[CH][CH][CH][CH]1.[Fe+2]. The molecule has 2 fully saturated rings. The fourth-order valence-corrected chi connectivity index (χ4v) is 3.19. The molecule has 10 radical (unpaired) electrons. The molecular formula is C26H24FeO2+2. The zero-order valence-corrected chi connectivity index (χ0v) is 17.4. The van der Waals surface area contributed by atoms with Crippen LogP contribution in [0.3, 0.4) is 0 Å². The third kappa shape index (κ3) is 6.66. The first-order chi connectivity index (χ1) is 13.7. The number of phenols is 2. The minimum absolute atomic E-state index is 0. The Bertz CT molecular complexity index is 745. The van der Waals surface area contributed by atoms with Crippen molar-refractivity contribution in [2.75, 3.05) is 0 Å². The number of allylic oxidation sites excluding steroid dienone is 2. The van der Waals surface area contributed by atoms with E-state index < -0.39 is 0 Å². The van der Waals surface area contributed by atoms with Gasteiger partial charge < -0.3 is 10.2 Å². The van der Waals surface area contributed by atoms with Gasteiger partial charge in [-0.25, -0.2) is 0 Å². The number of hydrogen-bond donors (Lipinski definition) is 2. The molecule has 0 spiro atoms. The summed E-state index contributed by atoms with van der Waals surface area (Å²) in [6.45, 7) is 2.13. The standard InChI is InChI=1S/C21H19O2.C5H5.Fe/c1-2-20(15-7-11-18(22)12-8-15)21(16-5-3-4-6-16)17-9-13-19(23)14-10-17;1-2-4-5-3-1;/h3-14,22-23H,2H2,1H3;1-5H;/q;;+2/b21-20+;;. The molecule has 0 atom stereocenters. The summed E-state index contributed by atoms with van der Waals surface area (Å²) in [6.07, 6.45) is 19.1. The Morgan fingerprint density at radius 3 is 1.45 bits per heavy atom. The molecule has 2 aromatic rings. The van der Waals surface area contributed by atoms with Crippen LogP contribution in [0.5, 0.6) is 11.5 Å². The van der Waals surface area contributed by atoms with E-state index in [1.54, 1.807) is 24.3 Å². The van der Waals surface area contributed by atoms with Crippen molar-refractivity contribution in [1.29, 1.82) is 0 Å². The Balaban J connectivity index is 0.000000437. The van der Waals surface area contributed by atoms with Gasteiger partial charge in [-0.15, -0.1) is 0 Å². The largest absolute Gasteiger partial charge is 2.00 e. The Kier molecular flexibility index (Phi) is 9.84. The summed E-state index contributed by atoms with van der Waals surface area (Å²) in [4.78, 5) is 0. The zero-order valence-electron chi connectivity index (χ0n) is 16.3. The van der Waals surface area contributed by atoms with Crippen LogP contribution in [0, 0.1) is 63.7 Å². The number of rotatable bonds is 4. The minimum Gasteiger partial charge on any atom is -0.508 e. The fraction of sp³-hybridized carbons (Fsp3) is 0.0769. The van der Waals surface area contributed by atoms with Crippen molar-refractivity contribution in [2.45, 2.75) is 13.3 Å². The predicted octanol–water partition coefficient (Wildman–Crippen LogP) is 5.84. The second-order valence-corrected chi connectivity index (χ2v) is 6.44. The molecule has 146 valence electrons. The van der Waals surface area contributed by atoms with Gasteiger partial charge in [-0.1, -0.05) is 31.2 Å². The van der Waals surface area contributed by atoms with Gasteiger partial charge in [0.05, 0.1) is 0 Å². The van der Waals surface area contributed by atoms with Crippen LogP contribution in [0.1, 0.15) is 24.5 Å². The number of hydrogen-bond acceptors (Lipinski definition) is 2. The van der Waals surface area contributed by atoms with E-state index in [1.165, 1.54) is 5.57 Å². The molecule has 2 aliphatic rings. The first-order valence-electron chi connectivity index (χ1n) is 9.39. The molecule has 0 aliphatic heterocycles. The Morgan fingerprint density at radius 1 is 0.621 bits per heavy atom. The molecule has 2 saturated carbocycles. The monoisotopic (exact) mass is 424 g/mol. The minimum atomic E-state index is 0. The molecule has 29 heavy (non-hydrogen) atoms. The maximum Gasteiger partial charge on any atom is 2.00 e. The topological polar surface area (TPSA) is 40.5 Å². The normalized spacial score (nSPS) is 17.1. The summed E-state index contributed by atoms with van der Waals surface area (Å²) in [5.41, 5.74) is 4.53. The maximum absolute atomic E-state index is 9.57. The number of benzene rings is 2. The van der Waals surface area contributed by atoms with Crippen LogP contribution in [0.25, 0.3) is 11.1 Å².